The number of nitrogens with two attached hydrogens (primary N) is 1. The lowest BCUT2D eigenvalue weighted by molar-refractivity contribution is -0.115. The van der Waals surface area contributed by atoms with E-state index in [1.54, 1.807) is 48.5 Å². The molecule has 0 fully saturated rings. The molecule has 2 amide bonds. The van der Waals surface area contributed by atoms with E-state index in [9.17, 15) is 9.59 Å². The Balaban J connectivity index is 0.00000220. The molecular weight excluding hydrogens is 290 g/mol. The molecule has 0 spiro atoms. The predicted octanol–water partition coefficient (Wildman–Crippen LogP) is 2.06. The number of rotatable bonds is 4. The number of nitrogens with one attached hydrogen (secondary N) is 2. The highest BCUT2D eigenvalue weighted by Crippen LogP contribution is 2.09. The molecule has 0 radical (unpaired) electrons. The summed E-state index contributed by atoms with van der Waals surface area (Å²) < 4.78 is 0. The molecule has 0 unspecified atom stereocenters. The van der Waals surface area contributed by atoms with Gasteiger partial charge in [0.2, 0.25) is 5.91 Å². The van der Waals surface area contributed by atoms with E-state index in [2.05, 4.69) is 10.6 Å². The molecule has 5 nitrogen and oxygen atoms in total. The van der Waals surface area contributed by atoms with Crippen LogP contribution in [0, 0.1) is 0 Å². The van der Waals surface area contributed by atoms with Crippen LogP contribution in [0.15, 0.2) is 54.6 Å². The second-order valence-corrected chi connectivity index (χ2v) is 4.22. The largest absolute Gasteiger partial charge is 0.399 e. The monoisotopic (exact) mass is 305 g/mol. The first-order chi connectivity index (χ1) is 9.65. The predicted molar refractivity (Wildman–Crippen MR) is 85.5 cm³/mol. The Bertz CT molecular complexity index is 600. The van der Waals surface area contributed by atoms with E-state index in [1.165, 1.54) is 0 Å². The molecule has 0 aliphatic heterocycles. The summed E-state index contributed by atoms with van der Waals surface area (Å²) in [6.07, 6.45) is 0. The van der Waals surface area contributed by atoms with E-state index in [1.807, 2.05) is 6.07 Å². The normalized spacial score (nSPS) is 9.33. The molecule has 0 heterocycles. The molecule has 2 rings (SSSR count). The molecule has 2 aromatic rings. The van der Waals surface area contributed by atoms with E-state index in [4.69, 9.17) is 5.73 Å². The van der Waals surface area contributed by atoms with Crippen LogP contribution in [-0.4, -0.2) is 18.4 Å². The molecule has 110 valence electrons. The van der Waals surface area contributed by atoms with E-state index in [0.717, 1.165) is 0 Å². The first-order valence-corrected chi connectivity index (χ1v) is 6.14. The number of hydrogen-bond acceptors (Lipinski definition) is 3. The Morgan fingerprint density at radius 1 is 0.952 bits per heavy atom. The number of anilines is 2. The summed E-state index contributed by atoms with van der Waals surface area (Å²) in [5, 5.41) is 5.22. The van der Waals surface area contributed by atoms with Crippen molar-refractivity contribution in [3.63, 3.8) is 0 Å². The van der Waals surface area contributed by atoms with E-state index in [-0.39, 0.29) is 30.8 Å². The highest BCUT2D eigenvalue weighted by molar-refractivity contribution is 5.99. The zero-order valence-corrected chi connectivity index (χ0v) is 12.0. The van der Waals surface area contributed by atoms with Crippen LogP contribution >= 0.6 is 12.4 Å². The van der Waals surface area contributed by atoms with Gasteiger partial charge in [0.25, 0.3) is 5.91 Å². The second kappa shape index (κ2) is 7.91. The van der Waals surface area contributed by atoms with Crippen LogP contribution in [0.2, 0.25) is 0 Å². The summed E-state index contributed by atoms with van der Waals surface area (Å²) in [6, 6.07) is 15.5. The van der Waals surface area contributed by atoms with Gasteiger partial charge in [0.1, 0.15) is 0 Å². The van der Waals surface area contributed by atoms with Gasteiger partial charge in [-0.05, 0) is 36.4 Å². The molecule has 0 saturated carbocycles. The van der Waals surface area contributed by atoms with Crippen LogP contribution in [0.3, 0.4) is 0 Å². The van der Waals surface area contributed by atoms with Gasteiger partial charge in [-0.25, -0.2) is 0 Å². The fourth-order valence-electron chi connectivity index (χ4n) is 1.62. The molecule has 0 bridgehead atoms. The van der Waals surface area contributed by atoms with E-state index < -0.39 is 0 Å². The topological polar surface area (TPSA) is 84.2 Å². The maximum Gasteiger partial charge on any atom is 0.251 e. The first-order valence-electron chi connectivity index (χ1n) is 6.14. The molecule has 21 heavy (non-hydrogen) atoms. The number of amides is 2. The Labute approximate surface area is 128 Å². The van der Waals surface area contributed by atoms with Crippen molar-refractivity contribution < 1.29 is 9.59 Å². The molecule has 0 atom stereocenters. The third-order valence-electron chi connectivity index (χ3n) is 2.64. The van der Waals surface area contributed by atoms with Crippen LogP contribution in [0.25, 0.3) is 0 Å². The van der Waals surface area contributed by atoms with Crippen LogP contribution in [0.4, 0.5) is 11.4 Å². The summed E-state index contributed by atoms with van der Waals surface area (Å²) in [4.78, 5) is 23.4. The quantitative estimate of drug-likeness (QED) is 0.756. The summed E-state index contributed by atoms with van der Waals surface area (Å²) >= 11 is 0. The Morgan fingerprint density at radius 3 is 2.19 bits per heavy atom. The van der Waals surface area contributed by atoms with Crippen molar-refractivity contribution in [2.45, 2.75) is 0 Å². The van der Waals surface area contributed by atoms with E-state index in [0.29, 0.717) is 16.9 Å². The van der Waals surface area contributed by atoms with Crippen molar-refractivity contribution >= 4 is 35.6 Å². The summed E-state index contributed by atoms with van der Waals surface area (Å²) in [5.41, 5.74) is 7.33. The van der Waals surface area contributed by atoms with Gasteiger partial charge in [-0.3, -0.25) is 9.59 Å². The maximum absolute atomic E-state index is 11.7. The highest BCUT2D eigenvalue weighted by Gasteiger charge is 2.07. The third-order valence-corrected chi connectivity index (χ3v) is 2.64. The molecule has 4 N–H and O–H groups in total. The number of carbonyl (C=O) groups excluding carboxylic acids is 2. The molecule has 6 heteroatoms. The highest BCUT2D eigenvalue weighted by atomic mass is 35.5. The second-order valence-electron chi connectivity index (χ2n) is 4.22. The Morgan fingerprint density at radius 2 is 1.57 bits per heavy atom. The molecule has 0 aromatic heterocycles. The number of nitrogen functional groups attached to an aromatic ring is 1. The summed E-state index contributed by atoms with van der Waals surface area (Å²) in [5.74, 6) is -0.572. The number of benzene rings is 2. The Hall–Kier alpha value is -2.53. The zero-order valence-electron chi connectivity index (χ0n) is 11.2. The SMILES string of the molecule is Cl.Nc1ccc(NC(=O)CNC(=O)c2ccccc2)cc1. The van der Waals surface area contributed by atoms with E-state index >= 15 is 0 Å². The molecule has 2 aromatic carbocycles. The van der Waals surface area contributed by atoms with Gasteiger partial charge in [0.15, 0.2) is 0 Å². The van der Waals surface area contributed by atoms with Crippen molar-refractivity contribution in [1.29, 1.82) is 0 Å². The fraction of sp³-hybridized carbons (Fsp3) is 0.0667. The van der Waals surface area contributed by atoms with Crippen molar-refractivity contribution in [3.8, 4) is 0 Å². The van der Waals surface area contributed by atoms with Gasteiger partial charge in [-0.15, -0.1) is 12.4 Å². The zero-order chi connectivity index (χ0) is 14.4. The lowest BCUT2D eigenvalue weighted by Gasteiger charge is -2.07. The van der Waals surface area contributed by atoms with Gasteiger partial charge in [-0.1, -0.05) is 18.2 Å². The van der Waals surface area contributed by atoms with Crippen LogP contribution in [0.5, 0.6) is 0 Å². The lowest BCUT2D eigenvalue weighted by atomic mass is 10.2. The van der Waals surface area contributed by atoms with Crippen LogP contribution in [-0.2, 0) is 4.79 Å². The van der Waals surface area contributed by atoms with Gasteiger partial charge in [0.05, 0.1) is 6.54 Å². The minimum absolute atomic E-state index is 0. The van der Waals surface area contributed by atoms with Crippen molar-refractivity contribution in [2.75, 3.05) is 17.6 Å². The van der Waals surface area contributed by atoms with Gasteiger partial charge in [-0.2, -0.15) is 0 Å². The standard InChI is InChI=1S/C15H15N3O2.ClH/c16-12-6-8-13(9-7-12)18-14(19)10-17-15(20)11-4-2-1-3-5-11;/h1-9H,10,16H2,(H,17,20)(H,18,19);1H. The van der Waals surface area contributed by atoms with Crippen molar-refractivity contribution in [1.82, 2.24) is 5.32 Å². The average Bonchev–Trinajstić information content (AvgIpc) is 2.48. The van der Waals surface area contributed by atoms with Gasteiger partial charge >= 0.3 is 0 Å². The number of halogens is 1. The minimum Gasteiger partial charge on any atom is -0.399 e. The fourth-order valence-corrected chi connectivity index (χ4v) is 1.62. The van der Waals surface area contributed by atoms with Crippen LogP contribution < -0.4 is 16.4 Å². The molecule has 0 saturated heterocycles. The van der Waals surface area contributed by atoms with Crippen molar-refractivity contribution in [2.24, 2.45) is 0 Å². The molecule has 0 aliphatic carbocycles. The summed E-state index contributed by atoms with van der Waals surface area (Å²) in [6.45, 7) is -0.0852. The lowest BCUT2D eigenvalue weighted by Crippen LogP contribution is -2.32. The summed E-state index contributed by atoms with van der Waals surface area (Å²) in [7, 11) is 0. The number of carbonyl (C=O) groups is 2. The van der Waals surface area contributed by atoms with Crippen molar-refractivity contribution in [3.05, 3.63) is 60.2 Å². The third kappa shape index (κ3) is 5.16. The average molecular weight is 306 g/mol. The van der Waals surface area contributed by atoms with Crippen LogP contribution in [0.1, 0.15) is 10.4 Å². The molecular formula is C15H16ClN3O2. The smallest absolute Gasteiger partial charge is 0.251 e. The number of hydrogen-bond donors (Lipinski definition) is 3. The van der Waals surface area contributed by atoms with Gasteiger partial charge < -0.3 is 16.4 Å². The van der Waals surface area contributed by atoms with Gasteiger partial charge in [0, 0.05) is 16.9 Å². The minimum atomic E-state index is -0.293. The molecule has 0 aliphatic rings. The maximum atomic E-state index is 11.7. The first kappa shape index (κ1) is 16.5. The Kier molecular flexibility index (Phi) is 6.23.